The lowest BCUT2D eigenvalue weighted by Gasteiger charge is -2.01. The van der Waals surface area contributed by atoms with Crippen LogP contribution in [-0.4, -0.2) is 11.1 Å². The lowest BCUT2D eigenvalue weighted by Crippen LogP contribution is -2.13. The zero-order valence-corrected chi connectivity index (χ0v) is 8.15. The van der Waals surface area contributed by atoms with E-state index in [0.717, 1.165) is 0 Å². The highest BCUT2D eigenvalue weighted by Gasteiger charge is 2.12. The Balaban J connectivity index is 2.15. The Bertz CT molecular complexity index is 462. The summed E-state index contributed by atoms with van der Waals surface area (Å²) in [6, 6.07) is 10.0. The maximum atomic E-state index is 11.6. The van der Waals surface area contributed by atoms with E-state index in [1.807, 2.05) is 12.1 Å². The number of nitrogens with zero attached hydrogens (tertiary/aromatic N) is 1. The van der Waals surface area contributed by atoms with E-state index in [9.17, 15) is 4.79 Å². The summed E-state index contributed by atoms with van der Waals surface area (Å²) < 4.78 is 4.68. The molecule has 1 aromatic carbocycles. The number of benzene rings is 1. The Morgan fingerprint density at radius 2 is 2.40 bits per heavy atom. The van der Waals surface area contributed by atoms with Crippen molar-refractivity contribution < 1.29 is 9.32 Å². The number of carbonyl (C=O) groups excluding carboxylic acids is 1. The van der Waals surface area contributed by atoms with Crippen molar-refractivity contribution in [2.75, 3.05) is 5.32 Å². The van der Waals surface area contributed by atoms with Gasteiger partial charge in [0.15, 0.2) is 5.69 Å². The first-order chi connectivity index (χ1) is 7.27. The van der Waals surface area contributed by atoms with E-state index in [0.29, 0.717) is 16.9 Å². The second-order valence-electron chi connectivity index (χ2n) is 3.08. The molecule has 75 valence electrons. The van der Waals surface area contributed by atoms with E-state index in [-0.39, 0.29) is 5.91 Å². The Kier molecular flexibility index (Phi) is 2.49. The van der Waals surface area contributed by atoms with E-state index in [1.165, 1.54) is 6.26 Å². The van der Waals surface area contributed by atoms with Gasteiger partial charge >= 0.3 is 0 Å². The first-order valence-electron chi connectivity index (χ1n) is 4.46. The van der Waals surface area contributed by atoms with Gasteiger partial charge in [0.25, 0.3) is 5.91 Å². The number of hydrogen-bond donors (Lipinski definition) is 1. The first kappa shape index (κ1) is 9.45. The molecule has 0 unspecified atom stereocenters. The number of amides is 1. The van der Waals surface area contributed by atoms with E-state index < -0.39 is 0 Å². The van der Waals surface area contributed by atoms with Gasteiger partial charge in [0.2, 0.25) is 0 Å². The van der Waals surface area contributed by atoms with Crippen molar-refractivity contribution in [2.24, 2.45) is 0 Å². The molecule has 1 radical (unpaired) electrons. The monoisotopic (exact) mass is 201 g/mol. The summed E-state index contributed by atoms with van der Waals surface area (Å²) in [6.07, 6.45) is 1.43. The number of rotatable bonds is 2. The Hall–Kier alpha value is -2.10. The summed E-state index contributed by atoms with van der Waals surface area (Å²) in [7, 11) is 0. The van der Waals surface area contributed by atoms with Crippen molar-refractivity contribution in [1.82, 2.24) is 5.16 Å². The molecule has 2 aromatic rings. The van der Waals surface area contributed by atoms with Crippen molar-refractivity contribution in [2.45, 2.75) is 6.92 Å². The Morgan fingerprint density at radius 1 is 1.53 bits per heavy atom. The molecule has 1 aromatic heterocycles. The molecule has 4 heteroatoms. The van der Waals surface area contributed by atoms with E-state index in [4.69, 9.17) is 0 Å². The maximum Gasteiger partial charge on any atom is 0.278 e. The minimum absolute atomic E-state index is 0.288. The number of nitrogens with one attached hydrogen (secondary N) is 1. The smallest absolute Gasteiger partial charge is 0.278 e. The molecule has 2 rings (SSSR count). The molecule has 1 heterocycles. The molecular formula is C11H9N2O2. The van der Waals surface area contributed by atoms with Crippen molar-refractivity contribution in [1.29, 1.82) is 0 Å². The summed E-state index contributed by atoms with van der Waals surface area (Å²) in [5, 5.41) is 6.28. The van der Waals surface area contributed by atoms with Gasteiger partial charge in [0.1, 0.15) is 6.26 Å². The van der Waals surface area contributed by atoms with Gasteiger partial charge in [-0.2, -0.15) is 0 Å². The lowest BCUT2D eigenvalue weighted by molar-refractivity contribution is 0.101. The molecule has 0 bridgehead atoms. The normalized spacial score (nSPS) is 9.93. The highest BCUT2D eigenvalue weighted by atomic mass is 16.5. The SMILES string of the molecule is Cc1conc1C(=O)Nc1[c]cccc1. The molecule has 0 aliphatic heterocycles. The fraction of sp³-hybridized carbons (Fsp3) is 0.0909. The molecule has 4 nitrogen and oxygen atoms in total. The summed E-state index contributed by atoms with van der Waals surface area (Å²) in [4.78, 5) is 11.6. The van der Waals surface area contributed by atoms with Crippen LogP contribution >= 0.6 is 0 Å². The molecule has 0 atom stereocenters. The average molecular weight is 201 g/mol. The Morgan fingerprint density at radius 3 is 3.00 bits per heavy atom. The van der Waals surface area contributed by atoms with Gasteiger partial charge in [-0.3, -0.25) is 4.79 Å². The molecule has 0 aliphatic rings. The van der Waals surface area contributed by atoms with Gasteiger partial charge in [-0.1, -0.05) is 23.4 Å². The van der Waals surface area contributed by atoms with Crippen molar-refractivity contribution in [3.8, 4) is 0 Å². The zero-order valence-electron chi connectivity index (χ0n) is 8.15. The minimum atomic E-state index is -0.288. The van der Waals surface area contributed by atoms with Crippen LogP contribution in [0.25, 0.3) is 0 Å². The van der Waals surface area contributed by atoms with Crippen molar-refractivity contribution in [3.63, 3.8) is 0 Å². The summed E-state index contributed by atoms with van der Waals surface area (Å²) in [6.45, 7) is 1.76. The number of hydrogen-bond acceptors (Lipinski definition) is 3. The molecule has 0 spiro atoms. The van der Waals surface area contributed by atoms with Crippen LogP contribution in [0.15, 0.2) is 35.1 Å². The van der Waals surface area contributed by atoms with Gasteiger partial charge in [-0.15, -0.1) is 0 Å². The third-order valence-corrected chi connectivity index (χ3v) is 1.92. The highest BCUT2D eigenvalue weighted by molar-refractivity contribution is 6.03. The second kappa shape index (κ2) is 3.96. The predicted molar refractivity (Wildman–Crippen MR) is 54.5 cm³/mol. The molecule has 1 amide bonds. The number of carbonyl (C=O) groups is 1. The van der Waals surface area contributed by atoms with E-state index in [2.05, 4.69) is 21.1 Å². The number of aryl methyl sites for hydroxylation is 1. The van der Waals surface area contributed by atoms with Crippen molar-refractivity contribution >= 4 is 11.6 Å². The van der Waals surface area contributed by atoms with Gasteiger partial charge in [-0.25, -0.2) is 0 Å². The van der Waals surface area contributed by atoms with Crippen LogP contribution in [0.5, 0.6) is 0 Å². The number of para-hydroxylation sites is 1. The minimum Gasteiger partial charge on any atom is -0.364 e. The largest absolute Gasteiger partial charge is 0.364 e. The average Bonchev–Trinajstić information content (AvgIpc) is 2.66. The standard InChI is InChI=1S/C11H9N2O2/c1-8-7-15-13-10(8)11(14)12-9-5-3-2-4-6-9/h2-5,7H,1H3,(H,12,14). The van der Waals surface area contributed by atoms with Crippen LogP contribution in [0, 0.1) is 13.0 Å². The molecule has 15 heavy (non-hydrogen) atoms. The van der Waals surface area contributed by atoms with Crippen LogP contribution in [0.4, 0.5) is 5.69 Å². The summed E-state index contributed by atoms with van der Waals surface area (Å²) >= 11 is 0. The number of anilines is 1. The first-order valence-corrected chi connectivity index (χ1v) is 4.46. The molecule has 0 saturated heterocycles. The lowest BCUT2D eigenvalue weighted by atomic mass is 10.2. The van der Waals surface area contributed by atoms with Gasteiger partial charge in [0.05, 0.1) is 0 Å². The summed E-state index contributed by atoms with van der Waals surface area (Å²) in [5.74, 6) is -0.288. The number of aromatic nitrogens is 1. The maximum absolute atomic E-state index is 11.6. The van der Waals surface area contributed by atoms with E-state index in [1.54, 1.807) is 19.1 Å². The topological polar surface area (TPSA) is 55.1 Å². The molecular weight excluding hydrogens is 192 g/mol. The van der Waals surface area contributed by atoms with Crippen LogP contribution in [0.3, 0.4) is 0 Å². The Labute approximate surface area is 86.9 Å². The van der Waals surface area contributed by atoms with Crippen LogP contribution < -0.4 is 5.32 Å². The zero-order chi connectivity index (χ0) is 10.7. The molecule has 0 saturated carbocycles. The summed E-state index contributed by atoms with van der Waals surface area (Å²) in [5.41, 5.74) is 1.63. The fourth-order valence-electron chi connectivity index (χ4n) is 1.16. The highest BCUT2D eigenvalue weighted by Crippen LogP contribution is 2.09. The molecule has 0 aliphatic carbocycles. The second-order valence-corrected chi connectivity index (χ2v) is 3.08. The fourth-order valence-corrected chi connectivity index (χ4v) is 1.16. The quantitative estimate of drug-likeness (QED) is 0.808. The van der Waals surface area contributed by atoms with Crippen LogP contribution in [0.1, 0.15) is 16.1 Å². The third kappa shape index (κ3) is 2.04. The van der Waals surface area contributed by atoms with Gasteiger partial charge in [0, 0.05) is 17.3 Å². The molecule has 0 fully saturated rings. The van der Waals surface area contributed by atoms with Crippen molar-refractivity contribution in [3.05, 3.63) is 47.9 Å². The third-order valence-electron chi connectivity index (χ3n) is 1.92. The predicted octanol–water partition coefficient (Wildman–Crippen LogP) is 2.04. The van der Waals surface area contributed by atoms with E-state index >= 15 is 0 Å². The van der Waals surface area contributed by atoms with Gasteiger partial charge in [-0.05, 0) is 13.0 Å². The van der Waals surface area contributed by atoms with Crippen LogP contribution in [-0.2, 0) is 0 Å². The van der Waals surface area contributed by atoms with Gasteiger partial charge < -0.3 is 9.84 Å². The van der Waals surface area contributed by atoms with Crippen LogP contribution in [0.2, 0.25) is 0 Å². The molecule has 1 N–H and O–H groups in total.